The molecule has 13 heavy (non-hydrogen) atoms. The van der Waals surface area contributed by atoms with Crippen LogP contribution in [0.15, 0.2) is 47.4 Å². The van der Waals surface area contributed by atoms with Crippen LogP contribution in [0.25, 0.3) is 5.57 Å². The van der Waals surface area contributed by atoms with Gasteiger partial charge in [-0.25, -0.2) is 0 Å². The Hall–Kier alpha value is -1.08. The first-order chi connectivity index (χ1) is 6.36. The van der Waals surface area contributed by atoms with Crippen molar-refractivity contribution in [3.63, 3.8) is 0 Å². The molecule has 0 nitrogen and oxygen atoms in total. The molecule has 0 N–H and O–H groups in total. The molecule has 1 heterocycles. The van der Waals surface area contributed by atoms with Crippen molar-refractivity contribution in [1.82, 2.24) is 0 Å². The first-order valence-electron chi connectivity index (χ1n) is 4.44. The SMILES string of the molecule is CC1=CC=C(c2cccs2)C=CC1. The van der Waals surface area contributed by atoms with E-state index in [9.17, 15) is 0 Å². The molecule has 1 aromatic heterocycles. The van der Waals surface area contributed by atoms with Crippen LogP contribution in [0, 0.1) is 0 Å². The summed E-state index contributed by atoms with van der Waals surface area (Å²) in [5, 5.41) is 2.12. The largest absolute Gasteiger partial charge is 0.144 e. The first kappa shape index (κ1) is 8.52. The van der Waals surface area contributed by atoms with E-state index in [0.717, 1.165) is 6.42 Å². The number of allylic oxidation sites excluding steroid dienone is 6. The fraction of sp³-hybridized carbons (Fsp3) is 0.167. The molecule has 0 bridgehead atoms. The molecule has 0 aliphatic heterocycles. The number of hydrogen-bond acceptors (Lipinski definition) is 1. The molecule has 2 rings (SSSR count). The van der Waals surface area contributed by atoms with Gasteiger partial charge in [-0.15, -0.1) is 11.3 Å². The first-order valence-corrected chi connectivity index (χ1v) is 5.32. The van der Waals surface area contributed by atoms with Gasteiger partial charge in [0.15, 0.2) is 0 Å². The second-order valence-electron chi connectivity index (χ2n) is 3.22. The van der Waals surface area contributed by atoms with Gasteiger partial charge in [-0.3, -0.25) is 0 Å². The predicted molar refractivity (Wildman–Crippen MR) is 59.8 cm³/mol. The van der Waals surface area contributed by atoms with E-state index in [1.807, 2.05) is 0 Å². The van der Waals surface area contributed by atoms with Gasteiger partial charge in [-0.1, -0.05) is 35.9 Å². The summed E-state index contributed by atoms with van der Waals surface area (Å²) in [5.74, 6) is 0. The minimum absolute atomic E-state index is 1.07. The highest BCUT2D eigenvalue weighted by molar-refractivity contribution is 7.11. The molecule has 0 fully saturated rings. The standard InChI is InChI=1S/C12H12S/c1-10-4-2-5-11(8-7-10)12-6-3-9-13-12/h2-3,5-9H,4H2,1H3. The summed E-state index contributed by atoms with van der Waals surface area (Å²) in [6.07, 6.45) is 9.91. The van der Waals surface area contributed by atoms with Crippen molar-refractivity contribution in [3.8, 4) is 0 Å². The Kier molecular flexibility index (Phi) is 2.46. The quantitative estimate of drug-likeness (QED) is 0.624. The topological polar surface area (TPSA) is 0 Å². The molecular formula is C12H12S. The second-order valence-corrected chi connectivity index (χ2v) is 4.17. The van der Waals surface area contributed by atoms with Crippen molar-refractivity contribution in [2.24, 2.45) is 0 Å². The fourth-order valence-corrected chi connectivity index (χ4v) is 2.07. The molecule has 0 saturated heterocycles. The van der Waals surface area contributed by atoms with E-state index in [0.29, 0.717) is 0 Å². The zero-order valence-electron chi connectivity index (χ0n) is 7.66. The van der Waals surface area contributed by atoms with Crippen LogP contribution in [-0.2, 0) is 0 Å². The monoisotopic (exact) mass is 188 g/mol. The Morgan fingerprint density at radius 3 is 3.00 bits per heavy atom. The molecule has 0 unspecified atom stereocenters. The van der Waals surface area contributed by atoms with E-state index in [4.69, 9.17) is 0 Å². The van der Waals surface area contributed by atoms with Crippen molar-refractivity contribution in [2.45, 2.75) is 13.3 Å². The molecule has 66 valence electrons. The van der Waals surface area contributed by atoms with Gasteiger partial charge in [-0.2, -0.15) is 0 Å². The van der Waals surface area contributed by atoms with Gasteiger partial charge in [0.25, 0.3) is 0 Å². The Bertz CT molecular complexity index is 364. The van der Waals surface area contributed by atoms with E-state index in [2.05, 4.69) is 48.7 Å². The van der Waals surface area contributed by atoms with Crippen molar-refractivity contribution >= 4 is 16.9 Å². The summed E-state index contributed by atoms with van der Waals surface area (Å²) >= 11 is 1.79. The number of thiophene rings is 1. The molecule has 1 heteroatoms. The maximum absolute atomic E-state index is 2.23. The van der Waals surface area contributed by atoms with Crippen molar-refractivity contribution < 1.29 is 0 Å². The Morgan fingerprint density at radius 1 is 1.31 bits per heavy atom. The summed E-state index contributed by atoms with van der Waals surface area (Å²) < 4.78 is 0. The highest BCUT2D eigenvalue weighted by Gasteiger charge is 1.99. The molecule has 0 saturated carbocycles. The summed E-state index contributed by atoms with van der Waals surface area (Å²) in [7, 11) is 0. The Morgan fingerprint density at radius 2 is 2.23 bits per heavy atom. The molecular weight excluding hydrogens is 176 g/mol. The van der Waals surface area contributed by atoms with E-state index in [-0.39, 0.29) is 0 Å². The summed E-state index contributed by atoms with van der Waals surface area (Å²) in [6, 6.07) is 4.26. The molecule has 0 atom stereocenters. The Labute approximate surface area is 82.9 Å². The number of rotatable bonds is 1. The van der Waals surface area contributed by atoms with Gasteiger partial charge in [0, 0.05) is 4.88 Å². The summed E-state index contributed by atoms with van der Waals surface area (Å²) in [6.45, 7) is 2.16. The van der Waals surface area contributed by atoms with Crippen molar-refractivity contribution in [1.29, 1.82) is 0 Å². The molecule has 0 aromatic carbocycles. The lowest BCUT2D eigenvalue weighted by Gasteiger charge is -1.93. The minimum Gasteiger partial charge on any atom is -0.144 e. The third-order valence-electron chi connectivity index (χ3n) is 2.09. The summed E-state index contributed by atoms with van der Waals surface area (Å²) in [4.78, 5) is 1.35. The lowest BCUT2D eigenvalue weighted by molar-refractivity contribution is 1.22. The van der Waals surface area contributed by atoms with Crippen LogP contribution in [0.2, 0.25) is 0 Å². The molecule has 1 aromatic rings. The van der Waals surface area contributed by atoms with Crippen LogP contribution in [0.4, 0.5) is 0 Å². The summed E-state index contributed by atoms with van der Waals surface area (Å²) in [5.41, 5.74) is 2.75. The van der Waals surface area contributed by atoms with Crippen LogP contribution in [-0.4, -0.2) is 0 Å². The van der Waals surface area contributed by atoms with E-state index < -0.39 is 0 Å². The average Bonchev–Trinajstić information content (AvgIpc) is 2.56. The van der Waals surface area contributed by atoms with Gasteiger partial charge in [0.05, 0.1) is 0 Å². The average molecular weight is 188 g/mol. The maximum atomic E-state index is 2.23. The third-order valence-corrected chi connectivity index (χ3v) is 3.01. The van der Waals surface area contributed by atoms with Crippen LogP contribution in [0.1, 0.15) is 18.2 Å². The predicted octanol–water partition coefficient (Wildman–Crippen LogP) is 4.04. The minimum atomic E-state index is 1.07. The molecule has 1 aliphatic rings. The maximum Gasteiger partial charge on any atom is 0.0342 e. The molecule has 0 radical (unpaired) electrons. The fourth-order valence-electron chi connectivity index (χ4n) is 1.33. The molecule has 0 spiro atoms. The van der Waals surface area contributed by atoms with E-state index >= 15 is 0 Å². The van der Waals surface area contributed by atoms with E-state index in [1.54, 1.807) is 11.3 Å². The third kappa shape index (κ3) is 1.99. The zero-order chi connectivity index (χ0) is 9.10. The van der Waals surface area contributed by atoms with Crippen LogP contribution in [0.3, 0.4) is 0 Å². The van der Waals surface area contributed by atoms with Gasteiger partial charge >= 0.3 is 0 Å². The van der Waals surface area contributed by atoms with Crippen LogP contribution >= 0.6 is 11.3 Å². The second kappa shape index (κ2) is 3.75. The van der Waals surface area contributed by atoms with Gasteiger partial charge in [-0.05, 0) is 30.4 Å². The van der Waals surface area contributed by atoms with Gasteiger partial charge in [0.2, 0.25) is 0 Å². The van der Waals surface area contributed by atoms with Crippen LogP contribution < -0.4 is 0 Å². The van der Waals surface area contributed by atoms with E-state index in [1.165, 1.54) is 16.0 Å². The highest BCUT2D eigenvalue weighted by atomic mass is 32.1. The van der Waals surface area contributed by atoms with Crippen molar-refractivity contribution in [2.75, 3.05) is 0 Å². The molecule has 1 aliphatic carbocycles. The van der Waals surface area contributed by atoms with Gasteiger partial charge < -0.3 is 0 Å². The highest BCUT2D eigenvalue weighted by Crippen LogP contribution is 2.23. The number of hydrogen-bond donors (Lipinski definition) is 0. The Balaban J connectivity index is 2.34. The lowest BCUT2D eigenvalue weighted by Crippen LogP contribution is -1.70. The molecule has 0 amide bonds. The van der Waals surface area contributed by atoms with Gasteiger partial charge in [0.1, 0.15) is 0 Å². The van der Waals surface area contributed by atoms with Crippen molar-refractivity contribution in [3.05, 3.63) is 52.3 Å². The zero-order valence-corrected chi connectivity index (χ0v) is 8.47. The normalized spacial score (nSPS) is 16.4. The lowest BCUT2D eigenvalue weighted by atomic mass is 10.2. The smallest absolute Gasteiger partial charge is 0.0342 e. The van der Waals surface area contributed by atoms with Crippen LogP contribution in [0.5, 0.6) is 0 Å².